The molecule has 0 aliphatic heterocycles. The van der Waals surface area contributed by atoms with Crippen molar-refractivity contribution in [3.8, 4) is 0 Å². The molecule has 1 aliphatic carbocycles. The Labute approximate surface area is 96.6 Å². The van der Waals surface area contributed by atoms with Gasteiger partial charge in [-0.3, -0.25) is 0 Å². The van der Waals surface area contributed by atoms with E-state index < -0.39 is 0 Å². The summed E-state index contributed by atoms with van der Waals surface area (Å²) < 4.78 is 5.43. The lowest BCUT2D eigenvalue weighted by molar-refractivity contribution is 0.122. The van der Waals surface area contributed by atoms with Gasteiger partial charge in [0.2, 0.25) is 0 Å². The average molecular weight is 230 g/mol. The smallest absolute Gasteiger partial charge is 0.315 e. The summed E-state index contributed by atoms with van der Waals surface area (Å²) in [6.45, 7) is 3.88. The minimum atomic E-state index is -0.233. The summed E-state index contributed by atoms with van der Waals surface area (Å²) in [4.78, 5) is 11.2. The quantitative estimate of drug-likeness (QED) is 0.531. The number of carbonyl (C=O) groups excluding carboxylic acids is 1. The Kier molecular flexibility index (Phi) is 6.18. The molecule has 0 aromatic carbocycles. The molecule has 1 aliphatic rings. The Morgan fingerprint density at radius 3 is 2.94 bits per heavy atom. The molecule has 3 N–H and O–H groups in total. The minimum absolute atomic E-state index is 0.0437. The highest BCUT2D eigenvalue weighted by molar-refractivity contribution is 5.74. The van der Waals surface area contributed by atoms with E-state index in [0.29, 0.717) is 13.2 Å². The Bertz CT molecular complexity index is 207. The van der Waals surface area contributed by atoms with Gasteiger partial charge in [0.1, 0.15) is 0 Å². The second kappa shape index (κ2) is 7.46. The Hall–Kier alpha value is -0.810. The van der Waals surface area contributed by atoms with Crippen LogP contribution in [0, 0.1) is 5.92 Å². The van der Waals surface area contributed by atoms with Gasteiger partial charge in [-0.1, -0.05) is 0 Å². The van der Waals surface area contributed by atoms with Gasteiger partial charge in [0.15, 0.2) is 0 Å². The zero-order valence-corrected chi connectivity index (χ0v) is 9.87. The Balaban J connectivity index is 1.83. The molecule has 1 saturated carbocycles. The number of aliphatic hydroxyl groups is 1. The van der Waals surface area contributed by atoms with Crippen LogP contribution in [0.1, 0.15) is 26.2 Å². The highest BCUT2D eigenvalue weighted by Crippen LogP contribution is 2.28. The fraction of sp³-hybridized carbons (Fsp3) is 0.909. The van der Waals surface area contributed by atoms with Crippen LogP contribution >= 0.6 is 0 Å². The standard InChI is InChI=1S/C11H22N2O3/c1-9(7-14)13-11(15)12-5-2-6-16-8-10-3-4-10/h9-10,14H,2-8H2,1H3,(H2,12,13,15)/t9-/m0/s1. The van der Waals surface area contributed by atoms with Crippen molar-refractivity contribution >= 4 is 6.03 Å². The van der Waals surface area contributed by atoms with Crippen molar-refractivity contribution in [2.45, 2.75) is 32.2 Å². The van der Waals surface area contributed by atoms with Crippen molar-refractivity contribution in [3.63, 3.8) is 0 Å². The fourth-order valence-electron chi connectivity index (χ4n) is 1.23. The summed E-state index contributed by atoms with van der Waals surface area (Å²) in [7, 11) is 0. The minimum Gasteiger partial charge on any atom is -0.394 e. The molecule has 94 valence electrons. The molecule has 16 heavy (non-hydrogen) atoms. The van der Waals surface area contributed by atoms with Crippen molar-refractivity contribution in [1.82, 2.24) is 10.6 Å². The van der Waals surface area contributed by atoms with Crippen LogP contribution in [0.25, 0.3) is 0 Å². The number of hydrogen-bond donors (Lipinski definition) is 3. The summed E-state index contributed by atoms with van der Waals surface area (Å²) in [5.74, 6) is 0.793. The van der Waals surface area contributed by atoms with Gasteiger partial charge >= 0.3 is 6.03 Å². The summed E-state index contributed by atoms with van der Waals surface area (Å²) >= 11 is 0. The molecule has 0 bridgehead atoms. The number of nitrogens with one attached hydrogen (secondary N) is 2. The Morgan fingerprint density at radius 1 is 1.56 bits per heavy atom. The summed E-state index contributed by atoms with van der Waals surface area (Å²) in [5, 5.41) is 14.0. The first-order chi connectivity index (χ1) is 7.72. The lowest BCUT2D eigenvalue weighted by Gasteiger charge is -2.11. The van der Waals surface area contributed by atoms with Crippen molar-refractivity contribution < 1.29 is 14.6 Å². The molecule has 5 nitrogen and oxygen atoms in total. The zero-order chi connectivity index (χ0) is 11.8. The molecular formula is C11H22N2O3. The van der Waals surface area contributed by atoms with Crippen LogP contribution in [0.2, 0.25) is 0 Å². The van der Waals surface area contributed by atoms with E-state index in [-0.39, 0.29) is 18.7 Å². The second-order valence-electron chi connectivity index (χ2n) is 4.36. The van der Waals surface area contributed by atoms with E-state index in [2.05, 4.69) is 10.6 Å². The maximum atomic E-state index is 11.2. The molecule has 1 rings (SSSR count). The number of ether oxygens (including phenoxy) is 1. The SMILES string of the molecule is C[C@@H](CO)NC(=O)NCCCOCC1CC1. The van der Waals surface area contributed by atoms with Crippen LogP contribution < -0.4 is 10.6 Å². The predicted octanol–water partition coefficient (Wildman–Crippen LogP) is 0.483. The van der Waals surface area contributed by atoms with Crippen molar-refractivity contribution in [1.29, 1.82) is 0 Å². The predicted molar refractivity (Wildman–Crippen MR) is 61.2 cm³/mol. The van der Waals surface area contributed by atoms with E-state index in [9.17, 15) is 4.79 Å². The lowest BCUT2D eigenvalue weighted by Crippen LogP contribution is -2.42. The number of hydrogen-bond acceptors (Lipinski definition) is 3. The molecule has 5 heteroatoms. The third kappa shape index (κ3) is 6.63. The molecule has 1 atom stereocenters. The first-order valence-electron chi connectivity index (χ1n) is 5.95. The van der Waals surface area contributed by atoms with Gasteiger partial charge < -0.3 is 20.5 Å². The fourth-order valence-corrected chi connectivity index (χ4v) is 1.23. The van der Waals surface area contributed by atoms with Crippen LogP contribution in [0.5, 0.6) is 0 Å². The zero-order valence-electron chi connectivity index (χ0n) is 9.87. The molecule has 0 aromatic heterocycles. The third-order valence-electron chi connectivity index (χ3n) is 2.45. The maximum absolute atomic E-state index is 11.2. The molecule has 0 aromatic rings. The van der Waals surface area contributed by atoms with E-state index in [4.69, 9.17) is 9.84 Å². The van der Waals surface area contributed by atoms with Crippen LogP contribution in [0.3, 0.4) is 0 Å². The molecule has 0 radical (unpaired) electrons. The summed E-state index contributed by atoms with van der Waals surface area (Å²) in [6, 6.07) is -0.435. The van der Waals surface area contributed by atoms with Gasteiger partial charge in [-0.2, -0.15) is 0 Å². The van der Waals surface area contributed by atoms with Gasteiger partial charge in [-0.05, 0) is 32.1 Å². The molecule has 2 amide bonds. The van der Waals surface area contributed by atoms with Crippen molar-refractivity contribution in [2.24, 2.45) is 5.92 Å². The average Bonchev–Trinajstić information content (AvgIpc) is 3.06. The maximum Gasteiger partial charge on any atom is 0.315 e. The molecular weight excluding hydrogens is 208 g/mol. The van der Waals surface area contributed by atoms with Crippen molar-refractivity contribution in [2.75, 3.05) is 26.4 Å². The molecule has 1 fully saturated rings. The van der Waals surface area contributed by atoms with Crippen LogP contribution in [0.15, 0.2) is 0 Å². The van der Waals surface area contributed by atoms with E-state index >= 15 is 0 Å². The van der Waals surface area contributed by atoms with Gasteiger partial charge in [0.25, 0.3) is 0 Å². The van der Waals surface area contributed by atoms with Crippen molar-refractivity contribution in [3.05, 3.63) is 0 Å². The van der Waals surface area contributed by atoms with E-state index in [1.54, 1.807) is 6.92 Å². The highest BCUT2D eigenvalue weighted by atomic mass is 16.5. The molecule has 0 heterocycles. The highest BCUT2D eigenvalue weighted by Gasteiger charge is 2.20. The number of carbonyl (C=O) groups is 1. The van der Waals surface area contributed by atoms with Gasteiger partial charge in [0, 0.05) is 19.8 Å². The van der Waals surface area contributed by atoms with Gasteiger partial charge in [0.05, 0.1) is 12.6 Å². The number of rotatable bonds is 8. The van der Waals surface area contributed by atoms with Gasteiger partial charge in [-0.15, -0.1) is 0 Å². The van der Waals surface area contributed by atoms with Crippen LogP contribution in [0.4, 0.5) is 4.79 Å². The van der Waals surface area contributed by atoms with Gasteiger partial charge in [-0.25, -0.2) is 4.79 Å². The first kappa shape index (κ1) is 13.3. The lowest BCUT2D eigenvalue weighted by atomic mass is 10.4. The normalized spacial score (nSPS) is 16.9. The van der Waals surface area contributed by atoms with E-state index in [1.165, 1.54) is 12.8 Å². The number of aliphatic hydroxyl groups excluding tert-OH is 1. The topological polar surface area (TPSA) is 70.6 Å². The number of amides is 2. The van der Waals surface area contributed by atoms with E-state index in [0.717, 1.165) is 18.9 Å². The summed E-state index contributed by atoms with van der Waals surface area (Å²) in [5.41, 5.74) is 0. The monoisotopic (exact) mass is 230 g/mol. The molecule has 0 spiro atoms. The first-order valence-corrected chi connectivity index (χ1v) is 5.95. The van der Waals surface area contributed by atoms with E-state index in [1.807, 2.05) is 0 Å². The summed E-state index contributed by atoms with van der Waals surface area (Å²) in [6.07, 6.45) is 3.44. The molecule has 0 saturated heterocycles. The second-order valence-corrected chi connectivity index (χ2v) is 4.36. The largest absolute Gasteiger partial charge is 0.394 e. The number of urea groups is 1. The van der Waals surface area contributed by atoms with Crippen LogP contribution in [-0.4, -0.2) is 43.5 Å². The van der Waals surface area contributed by atoms with Crippen LogP contribution in [-0.2, 0) is 4.74 Å². The molecule has 0 unspecified atom stereocenters. The third-order valence-corrected chi connectivity index (χ3v) is 2.45. The Morgan fingerprint density at radius 2 is 2.31 bits per heavy atom.